The zero-order valence-corrected chi connectivity index (χ0v) is 11.5. The Morgan fingerprint density at radius 3 is 2.50 bits per heavy atom. The van der Waals surface area contributed by atoms with Gasteiger partial charge in [-0.2, -0.15) is 0 Å². The van der Waals surface area contributed by atoms with Crippen LogP contribution >= 0.6 is 11.3 Å². The quantitative estimate of drug-likeness (QED) is 0.808. The van der Waals surface area contributed by atoms with Crippen molar-refractivity contribution in [2.45, 2.75) is 13.3 Å². The summed E-state index contributed by atoms with van der Waals surface area (Å²) < 4.78 is 0. The van der Waals surface area contributed by atoms with Crippen molar-refractivity contribution >= 4 is 28.9 Å². The van der Waals surface area contributed by atoms with Crippen LogP contribution in [-0.4, -0.2) is 22.1 Å². The molecule has 5 nitrogen and oxygen atoms in total. The minimum Gasteiger partial charge on any atom is -0.508 e. The van der Waals surface area contributed by atoms with Crippen LogP contribution in [0.25, 0.3) is 0 Å². The fourth-order valence-corrected chi connectivity index (χ4v) is 2.58. The molecule has 0 saturated heterocycles. The summed E-state index contributed by atoms with van der Waals surface area (Å²) >= 11 is 1.09. The predicted molar refractivity (Wildman–Crippen MR) is 76.5 cm³/mol. The molecule has 20 heavy (non-hydrogen) atoms. The number of aromatic carboxylic acids is 1. The number of hydrogen-bond donors (Lipinski definition) is 3. The Morgan fingerprint density at radius 1 is 1.25 bits per heavy atom. The van der Waals surface area contributed by atoms with Crippen molar-refractivity contribution in [3.8, 4) is 5.75 Å². The number of benzene rings is 1. The van der Waals surface area contributed by atoms with E-state index in [1.165, 1.54) is 12.1 Å². The highest BCUT2D eigenvalue weighted by Gasteiger charge is 2.17. The Labute approximate surface area is 119 Å². The normalized spacial score (nSPS) is 10.2. The monoisotopic (exact) mass is 291 g/mol. The van der Waals surface area contributed by atoms with Crippen molar-refractivity contribution in [1.82, 2.24) is 0 Å². The van der Waals surface area contributed by atoms with E-state index in [0.717, 1.165) is 22.5 Å². The molecule has 1 heterocycles. The largest absolute Gasteiger partial charge is 0.508 e. The number of phenolic OH excluding ortho intramolecular Hbond substituents is 1. The van der Waals surface area contributed by atoms with Gasteiger partial charge in [0.25, 0.3) is 0 Å². The van der Waals surface area contributed by atoms with Crippen LogP contribution in [0.5, 0.6) is 5.75 Å². The van der Waals surface area contributed by atoms with Crippen molar-refractivity contribution in [2.24, 2.45) is 0 Å². The van der Waals surface area contributed by atoms with E-state index in [1.807, 2.05) is 0 Å². The fraction of sp³-hybridized carbons (Fsp3) is 0.143. The highest BCUT2D eigenvalue weighted by Crippen LogP contribution is 2.27. The topological polar surface area (TPSA) is 86.6 Å². The van der Waals surface area contributed by atoms with Crippen LogP contribution in [0.4, 0.5) is 5.69 Å². The molecule has 3 N–H and O–H groups in total. The first kappa shape index (κ1) is 14.1. The predicted octanol–water partition coefficient (Wildman–Crippen LogP) is 2.64. The van der Waals surface area contributed by atoms with E-state index in [1.54, 1.807) is 24.4 Å². The van der Waals surface area contributed by atoms with Crippen LogP contribution in [0.2, 0.25) is 0 Å². The number of hydrogen-bond acceptors (Lipinski definition) is 4. The first-order chi connectivity index (χ1) is 9.47. The van der Waals surface area contributed by atoms with Crippen molar-refractivity contribution in [3.63, 3.8) is 0 Å². The van der Waals surface area contributed by atoms with Gasteiger partial charge in [-0.25, -0.2) is 4.79 Å². The summed E-state index contributed by atoms with van der Waals surface area (Å²) in [4.78, 5) is 23.1. The maximum absolute atomic E-state index is 11.9. The third kappa shape index (κ3) is 3.16. The van der Waals surface area contributed by atoms with Crippen LogP contribution in [0, 0.1) is 6.92 Å². The lowest BCUT2D eigenvalue weighted by atomic mass is 10.1. The number of carbonyl (C=O) groups excluding carboxylic acids is 1. The zero-order chi connectivity index (χ0) is 14.7. The van der Waals surface area contributed by atoms with Gasteiger partial charge in [-0.05, 0) is 35.6 Å². The van der Waals surface area contributed by atoms with Gasteiger partial charge >= 0.3 is 5.97 Å². The molecule has 104 valence electrons. The SMILES string of the molecule is Cc1csc(C(=O)O)c1NC(=O)Cc1ccc(O)cc1. The van der Waals surface area contributed by atoms with E-state index in [9.17, 15) is 9.59 Å². The number of amides is 1. The third-order valence-electron chi connectivity index (χ3n) is 2.73. The number of phenols is 1. The Balaban J connectivity index is 2.10. The van der Waals surface area contributed by atoms with E-state index in [0.29, 0.717) is 5.69 Å². The molecule has 0 aliphatic rings. The Morgan fingerprint density at radius 2 is 1.90 bits per heavy atom. The molecule has 0 radical (unpaired) electrons. The number of thiophene rings is 1. The van der Waals surface area contributed by atoms with Crippen molar-refractivity contribution in [1.29, 1.82) is 0 Å². The molecular weight excluding hydrogens is 278 g/mol. The summed E-state index contributed by atoms with van der Waals surface area (Å²) in [5, 5.41) is 22.5. The van der Waals surface area contributed by atoms with E-state index in [2.05, 4.69) is 5.32 Å². The van der Waals surface area contributed by atoms with Gasteiger partial charge in [0.1, 0.15) is 10.6 Å². The van der Waals surface area contributed by atoms with Gasteiger partial charge in [0, 0.05) is 0 Å². The molecule has 0 aliphatic carbocycles. The first-order valence-electron chi connectivity index (χ1n) is 5.86. The molecule has 0 fully saturated rings. The average molecular weight is 291 g/mol. The molecule has 0 saturated carbocycles. The lowest BCUT2D eigenvalue weighted by molar-refractivity contribution is -0.115. The minimum atomic E-state index is -1.05. The lowest BCUT2D eigenvalue weighted by Crippen LogP contribution is -2.16. The van der Waals surface area contributed by atoms with Gasteiger partial charge in [0.05, 0.1) is 12.1 Å². The van der Waals surface area contributed by atoms with Crippen LogP contribution in [0.1, 0.15) is 20.8 Å². The Hall–Kier alpha value is -2.34. The zero-order valence-electron chi connectivity index (χ0n) is 10.7. The van der Waals surface area contributed by atoms with E-state index < -0.39 is 5.97 Å². The molecule has 1 amide bonds. The standard InChI is InChI=1S/C14H13NO4S/c1-8-7-20-13(14(18)19)12(8)15-11(17)6-9-2-4-10(16)5-3-9/h2-5,7,16H,6H2,1H3,(H,15,17)(H,18,19). The van der Waals surface area contributed by atoms with Gasteiger partial charge in [-0.15, -0.1) is 11.3 Å². The van der Waals surface area contributed by atoms with Gasteiger partial charge in [0.15, 0.2) is 0 Å². The summed E-state index contributed by atoms with van der Waals surface area (Å²) in [6.45, 7) is 1.75. The average Bonchev–Trinajstić information content (AvgIpc) is 2.74. The molecular formula is C14H13NO4S. The molecule has 1 aromatic heterocycles. The third-order valence-corrected chi connectivity index (χ3v) is 3.82. The van der Waals surface area contributed by atoms with Crippen LogP contribution in [0.15, 0.2) is 29.6 Å². The summed E-state index contributed by atoms with van der Waals surface area (Å²) in [5.41, 5.74) is 1.82. The summed E-state index contributed by atoms with van der Waals surface area (Å²) in [6.07, 6.45) is 0.120. The molecule has 2 aromatic rings. The van der Waals surface area contributed by atoms with Gasteiger partial charge in [0.2, 0.25) is 5.91 Å². The van der Waals surface area contributed by atoms with Gasteiger partial charge < -0.3 is 15.5 Å². The number of aryl methyl sites for hydroxylation is 1. The molecule has 0 aliphatic heterocycles. The number of rotatable bonds is 4. The van der Waals surface area contributed by atoms with Crippen molar-refractivity contribution < 1.29 is 19.8 Å². The smallest absolute Gasteiger partial charge is 0.348 e. The molecule has 6 heteroatoms. The second-order valence-corrected chi connectivity index (χ2v) is 5.20. The number of carboxylic acids is 1. The van der Waals surface area contributed by atoms with Crippen molar-refractivity contribution in [3.05, 3.63) is 45.6 Å². The molecule has 0 spiro atoms. The highest BCUT2D eigenvalue weighted by molar-refractivity contribution is 7.12. The second-order valence-electron chi connectivity index (χ2n) is 4.32. The first-order valence-corrected chi connectivity index (χ1v) is 6.74. The van der Waals surface area contributed by atoms with Crippen LogP contribution in [0.3, 0.4) is 0 Å². The maximum Gasteiger partial charge on any atom is 0.348 e. The van der Waals surface area contributed by atoms with Gasteiger partial charge in [-0.1, -0.05) is 12.1 Å². The summed E-state index contributed by atoms with van der Waals surface area (Å²) in [6, 6.07) is 6.29. The van der Waals surface area contributed by atoms with Crippen LogP contribution in [-0.2, 0) is 11.2 Å². The molecule has 0 bridgehead atoms. The van der Waals surface area contributed by atoms with E-state index in [4.69, 9.17) is 10.2 Å². The Bertz CT molecular complexity index is 646. The number of nitrogens with one attached hydrogen (secondary N) is 1. The number of carboxylic acid groups (broad SMARTS) is 1. The molecule has 0 atom stereocenters. The highest BCUT2D eigenvalue weighted by atomic mass is 32.1. The van der Waals surface area contributed by atoms with Crippen LogP contribution < -0.4 is 5.32 Å². The number of aromatic hydroxyl groups is 1. The fourth-order valence-electron chi connectivity index (χ4n) is 1.74. The lowest BCUT2D eigenvalue weighted by Gasteiger charge is -2.06. The maximum atomic E-state index is 11.9. The summed E-state index contributed by atoms with van der Waals surface area (Å²) in [7, 11) is 0. The molecule has 0 unspecified atom stereocenters. The van der Waals surface area contributed by atoms with Gasteiger partial charge in [-0.3, -0.25) is 4.79 Å². The summed E-state index contributed by atoms with van der Waals surface area (Å²) in [5.74, 6) is -1.21. The second kappa shape index (κ2) is 5.75. The van der Waals surface area contributed by atoms with E-state index in [-0.39, 0.29) is 23.0 Å². The Kier molecular flexibility index (Phi) is 4.05. The minimum absolute atomic E-state index is 0.120. The van der Waals surface area contributed by atoms with Crippen molar-refractivity contribution in [2.75, 3.05) is 5.32 Å². The molecule has 2 rings (SSSR count). The number of anilines is 1. The number of carbonyl (C=O) groups is 2. The molecule has 1 aromatic carbocycles. The van der Waals surface area contributed by atoms with E-state index >= 15 is 0 Å².